The van der Waals surface area contributed by atoms with Gasteiger partial charge < -0.3 is 19.5 Å². The number of aliphatic hydroxyl groups excluding tert-OH is 1. The fourth-order valence-corrected chi connectivity index (χ4v) is 2.34. The van der Waals surface area contributed by atoms with E-state index in [1.54, 1.807) is 24.0 Å². The molecular weight excluding hydrogens is 258 g/mol. The third-order valence-electron chi connectivity index (χ3n) is 3.28. The molecule has 1 heterocycles. The molecule has 1 fully saturated rings. The fourth-order valence-electron chi connectivity index (χ4n) is 2.34. The molecule has 114 valence electrons. The number of amides is 1. The minimum absolute atomic E-state index is 0.0519. The van der Waals surface area contributed by atoms with E-state index in [0.717, 1.165) is 12.8 Å². The Kier molecular flexibility index (Phi) is 7.51. The van der Waals surface area contributed by atoms with Gasteiger partial charge >= 0.3 is 0 Å². The Morgan fingerprint density at radius 3 is 2.75 bits per heavy atom. The van der Waals surface area contributed by atoms with E-state index in [4.69, 9.17) is 9.47 Å². The summed E-state index contributed by atoms with van der Waals surface area (Å²) >= 11 is 0. The van der Waals surface area contributed by atoms with Gasteiger partial charge in [-0.3, -0.25) is 4.79 Å². The Bertz CT molecular complexity index is 330. The number of aliphatic hydroxyl groups is 1. The first kappa shape index (κ1) is 16.9. The molecule has 0 aromatic carbocycles. The first-order valence-corrected chi connectivity index (χ1v) is 7.01. The third-order valence-corrected chi connectivity index (χ3v) is 3.28. The number of nitrogens with zero attached hydrogens (tertiary/aromatic N) is 1. The quantitative estimate of drug-likeness (QED) is 0.509. The highest BCUT2D eigenvalue weighted by Gasteiger charge is 2.35. The van der Waals surface area contributed by atoms with Crippen LogP contribution in [0, 0.1) is 0 Å². The maximum atomic E-state index is 12.5. The Balaban J connectivity index is 2.61. The van der Waals surface area contributed by atoms with Gasteiger partial charge in [0.1, 0.15) is 0 Å². The smallest absolute Gasteiger partial charge is 0.254 e. The van der Waals surface area contributed by atoms with Gasteiger partial charge in [-0.25, -0.2) is 0 Å². The van der Waals surface area contributed by atoms with Gasteiger partial charge in [-0.15, -0.1) is 13.2 Å². The first-order valence-electron chi connectivity index (χ1n) is 7.01. The van der Waals surface area contributed by atoms with Crippen LogP contribution in [0.5, 0.6) is 0 Å². The van der Waals surface area contributed by atoms with Crippen molar-refractivity contribution in [3.05, 3.63) is 25.3 Å². The summed E-state index contributed by atoms with van der Waals surface area (Å²) in [4.78, 5) is 14.2. The number of carbonyl (C=O) groups excluding carboxylic acids is 1. The van der Waals surface area contributed by atoms with Crippen molar-refractivity contribution in [3.63, 3.8) is 0 Å². The Labute approximate surface area is 120 Å². The highest BCUT2D eigenvalue weighted by atomic mass is 16.5. The number of carbonyl (C=O) groups is 1. The van der Waals surface area contributed by atoms with Crippen LogP contribution in [-0.2, 0) is 14.3 Å². The van der Waals surface area contributed by atoms with E-state index in [9.17, 15) is 9.90 Å². The van der Waals surface area contributed by atoms with Gasteiger partial charge in [0, 0.05) is 6.54 Å². The highest BCUT2D eigenvalue weighted by molar-refractivity contribution is 5.82. The second kappa shape index (κ2) is 8.89. The summed E-state index contributed by atoms with van der Waals surface area (Å²) in [6.07, 6.45) is 3.42. The minimum Gasteiger partial charge on any atom is -0.390 e. The Morgan fingerprint density at radius 1 is 1.45 bits per heavy atom. The lowest BCUT2D eigenvalue weighted by Gasteiger charge is -2.29. The van der Waals surface area contributed by atoms with Crippen LogP contribution in [0.4, 0.5) is 0 Å². The van der Waals surface area contributed by atoms with Crippen LogP contribution in [0.3, 0.4) is 0 Å². The maximum Gasteiger partial charge on any atom is 0.254 e. The van der Waals surface area contributed by atoms with Crippen molar-refractivity contribution in [2.75, 3.05) is 26.4 Å². The molecule has 1 N–H and O–H groups in total. The van der Waals surface area contributed by atoms with E-state index in [0.29, 0.717) is 19.8 Å². The van der Waals surface area contributed by atoms with Gasteiger partial charge in [0.2, 0.25) is 0 Å². The second-order valence-corrected chi connectivity index (χ2v) is 4.94. The van der Waals surface area contributed by atoms with E-state index in [1.165, 1.54) is 0 Å². The summed E-state index contributed by atoms with van der Waals surface area (Å²) in [7, 11) is 0. The lowest BCUT2D eigenvalue weighted by atomic mass is 10.1. The molecule has 1 aliphatic rings. The Hall–Kier alpha value is -1.17. The molecule has 3 atom stereocenters. The predicted octanol–water partition coefficient (Wildman–Crippen LogP) is 1.13. The fraction of sp³-hybridized carbons (Fsp3) is 0.667. The summed E-state index contributed by atoms with van der Waals surface area (Å²) in [5.41, 5.74) is 0. The standard InChI is InChI=1S/C15H25NO4/c1-4-9-19-11-13-7-6-8-16(13)15(18)14(12(3)17)20-10-5-2/h4-5,12-14,17H,1-2,6-11H2,3H3/t12-,13+,14+/m0/s1. The zero-order valence-corrected chi connectivity index (χ0v) is 12.2. The van der Waals surface area contributed by atoms with Crippen LogP contribution in [0.1, 0.15) is 19.8 Å². The van der Waals surface area contributed by atoms with Crippen LogP contribution in [0.2, 0.25) is 0 Å². The van der Waals surface area contributed by atoms with E-state index in [-0.39, 0.29) is 18.6 Å². The summed E-state index contributed by atoms with van der Waals surface area (Å²) in [6.45, 7) is 10.6. The summed E-state index contributed by atoms with van der Waals surface area (Å²) in [5, 5.41) is 9.72. The van der Waals surface area contributed by atoms with Crippen molar-refractivity contribution >= 4 is 5.91 Å². The lowest BCUT2D eigenvalue weighted by molar-refractivity contribution is -0.151. The molecule has 1 aliphatic heterocycles. The maximum absolute atomic E-state index is 12.5. The first-order chi connectivity index (χ1) is 9.61. The number of hydrogen-bond acceptors (Lipinski definition) is 4. The van der Waals surface area contributed by atoms with Crippen LogP contribution in [0.15, 0.2) is 25.3 Å². The zero-order chi connectivity index (χ0) is 15.0. The second-order valence-electron chi connectivity index (χ2n) is 4.94. The van der Waals surface area contributed by atoms with Gasteiger partial charge in [-0.2, -0.15) is 0 Å². The molecule has 0 saturated carbocycles. The minimum atomic E-state index is -0.849. The topological polar surface area (TPSA) is 59.0 Å². The molecule has 1 saturated heterocycles. The van der Waals surface area contributed by atoms with Crippen molar-refractivity contribution < 1.29 is 19.4 Å². The molecule has 0 unspecified atom stereocenters. The average molecular weight is 283 g/mol. The number of rotatable bonds is 9. The summed E-state index contributed by atoms with van der Waals surface area (Å²) in [5.74, 6) is -0.174. The van der Waals surface area contributed by atoms with Gasteiger partial charge in [-0.05, 0) is 19.8 Å². The molecule has 1 rings (SSSR count). The van der Waals surface area contributed by atoms with Gasteiger partial charge in [-0.1, -0.05) is 12.2 Å². The van der Waals surface area contributed by atoms with Gasteiger partial charge in [0.05, 0.1) is 32.0 Å². The molecule has 0 aliphatic carbocycles. The zero-order valence-electron chi connectivity index (χ0n) is 12.2. The lowest BCUT2D eigenvalue weighted by Crippen LogP contribution is -2.48. The van der Waals surface area contributed by atoms with Crippen molar-refractivity contribution in [3.8, 4) is 0 Å². The normalized spacial score (nSPS) is 21.5. The molecule has 1 amide bonds. The predicted molar refractivity (Wildman–Crippen MR) is 77.4 cm³/mol. The van der Waals surface area contributed by atoms with Crippen LogP contribution in [-0.4, -0.2) is 60.5 Å². The van der Waals surface area contributed by atoms with Crippen LogP contribution < -0.4 is 0 Å². The van der Waals surface area contributed by atoms with E-state index < -0.39 is 12.2 Å². The van der Waals surface area contributed by atoms with Crippen molar-refractivity contribution in [2.24, 2.45) is 0 Å². The molecule has 0 spiro atoms. The van der Waals surface area contributed by atoms with Gasteiger partial charge in [0.25, 0.3) is 5.91 Å². The van der Waals surface area contributed by atoms with Crippen molar-refractivity contribution in [1.82, 2.24) is 4.90 Å². The molecule has 0 aromatic heterocycles. The van der Waals surface area contributed by atoms with Gasteiger partial charge in [0.15, 0.2) is 6.10 Å². The molecule has 0 bridgehead atoms. The highest BCUT2D eigenvalue weighted by Crippen LogP contribution is 2.20. The molecule has 5 heteroatoms. The summed E-state index contributed by atoms with van der Waals surface area (Å²) in [6, 6.07) is 0.0519. The number of hydrogen-bond donors (Lipinski definition) is 1. The van der Waals surface area contributed by atoms with Crippen LogP contribution >= 0.6 is 0 Å². The van der Waals surface area contributed by atoms with Crippen molar-refractivity contribution in [1.29, 1.82) is 0 Å². The largest absolute Gasteiger partial charge is 0.390 e. The molecule has 0 radical (unpaired) electrons. The monoisotopic (exact) mass is 283 g/mol. The molecule has 20 heavy (non-hydrogen) atoms. The molecule has 5 nitrogen and oxygen atoms in total. The van der Waals surface area contributed by atoms with E-state index in [2.05, 4.69) is 13.2 Å². The molecular formula is C15H25NO4. The summed E-state index contributed by atoms with van der Waals surface area (Å²) < 4.78 is 10.8. The van der Waals surface area contributed by atoms with E-state index in [1.807, 2.05) is 0 Å². The average Bonchev–Trinajstić information content (AvgIpc) is 2.87. The van der Waals surface area contributed by atoms with E-state index >= 15 is 0 Å². The third kappa shape index (κ3) is 4.74. The van der Waals surface area contributed by atoms with Crippen LogP contribution in [0.25, 0.3) is 0 Å². The van der Waals surface area contributed by atoms with Crippen molar-refractivity contribution in [2.45, 2.75) is 38.0 Å². The number of ether oxygens (including phenoxy) is 2. The number of likely N-dealkylation sites (tertiary alicyclic amines) is 1. The Morgan fingerprint density at radius 2 is 2.15 bits per heavy atom. The molecule has 0 aromatic rings. The SMILES string of the molecule is C=CCOC[C@H]1CCCN1C(=O)[C@H](OCC=C)[C@H](C)O.